The standard InChI is InChI=1S/C8H15NO4S/c1-5(2)3-13-8(12)9-6(4-14)7(10)11/h5-6,14H,3-4H2,1-2H3,(H,9,12)(H,10,11)/t6-/m0/s1. The molecule has 2 N–H and O–H groups in total. The van der Waals surface area contributed by atoms with Gasteiger partial charge in [0.25, 0.3) is 0 Å². The lowest BCUT2D eigenvalue weighted by Crippen LogP contribution is -2.42. The van der Waals surface area contributed by atoms with Crippen molar-refractivity contribution >= 4 is 24.7 Å². The van der Waals surface area contributed by atoms with Crippen LogP contribution in [0.1, 0.15) is 13.8 Å². The molecule has 6 heteroatoms. The maximum atomic E-state index is 11.0. The van der Waals surface area contributed by atoms with Crippen LogP contribution >= 0.6 is 12.6 Å². The number of amides is 1. The summed E-state index contributed by atoms with van der Waals surface area (Å²) in [5.74, 6) is -0.868. The van der Waals surface area contributed by atoms with Crippen molar-refractivity contribution in [1.29, 1.82) is 0 Å². The second-order valence-electron chi connectivity index (χ2n) is 3.21. The molecule has 0 saturated carbocycles. The monoisotopic (exact) mass is 221 g/mol. The molecule has 0 fully saturated rings. The summed E-state index contributed by atoms with van der Waals surface area (Å²) < 4.78 is 4.74. The third-order valence-electron chi connectivity index (χ3n) is 1.32. The van der Waals surface area contributed by atoms with Crippen molar-refractivity contribution in [2.45, 2.75) is 19.9 Å². The summed E-state index contributed by atoms with van der Waals surface area (Å²) in [5.41, 5.74) is 0. The average Bonchev–Trinajstić information content (AvgIpc) is 2.10. The molecule has 0 aromatic rings. The molecule has 0 radical (unpaired) electrons. The highest BCUT2D eigenvalue weighted by molar-refractivity contribution is 7.80. The number of carbonyl (C=O) groups is 2. The van der Waals surface area contributed by atoms with Crippen LogP contribution in [0, 0.1) is 5.92 Å². The maximum absolute atomic E-state index is 11.0. The predicted molar refractivity (Wildman–Crippen MR) is 54.6 cm³/mol. The minimum Gasteiger partial charge on any atom is -0.480 e. The van der Waals surface area contributed by atoms with Crippen molar-refractivity contribution in [3.8, 4) is 0 Å². The molecule has 0 rings (SSSR count). The van der Waals surface area contributed by atoms with Crippen LogP contribution in [0.25, 0.3) is 0 Å². The topological polar surface area (TPSA) is 75.6 Å². The molecule has 0 unspecified atom stereocenters. The zero-order valence-corrected chi connectivity index (χ0v) is 9.08. The molecule has 0 heterocycles. The Morgan fingerprint density at radius 1 is 1.50 bits per heavy atom. The quantitative estimate of drug-likeness (QED) is 0.599. The average molecular weight is 221 g/mol. The molecule has 1 atom stereocenters. The lowest BCUT2D eigenvalue weighted by Gasteiger charge is -2.12. The van der Waals surface area contributed by atoms with Gasteiger partial charge in [-0.2, -0.15) is 12.6 Å². The smallest absolute Gasteiger partial charge is 0.407 e. The van der Waals surface area contributed by atoms with Crippen LogP contribution in [0.2, 0.25) is 0 Å². The van der Waals surface area contributed by atoms with Crippen molar-refractivity contribution in [3.05, 3.63) is 0 Å². The summed E-state index contributed by atoms with van der Waals surface area (Å²) in [5, 5.41) is 10.8. The highest BCUT2D eigenvalue weighted by Gasteiger charge is 2.18. The minimum absolute atomic E-state index is 0.0338. The third-order valence-corrected chi connectivity index (χ3v) is 1.69. The minimum atomic E-state index is -1.12. The number of ether oxygens (including phenoxy) is 1. The Kier molecular flexibility index (Phi) is 6.11. The van der Waals surface area contributed by atoms with E-state index in [1.165, 1.54) is 0 Å². The molecule has 14 heavy (non-hydrogen) atoms. The Morgan fingerprint density at radius 3 is 2.43 bits per heavy atom. The van der Waals surface area contributed by atoms with Crippen molar-refractivity contribution in [1.82, 2.24) is 5.32 Å². The molecule has 0 aliphatic carbocycles. The van der Waals surface area contributed by atoms with E-state index in [0.29, 0.717) is 0 Å². The number of carboxylic acid groups (broad SMARTS) is 1. The second-order valence-corrected chi connectivity index (χ2v) is 3.58. The van der Waals surface area contributed by atoms with Gasteiger partial charge in [0.1, 0.15) is 6.04 Å². The first kappa shape index (κ1) is 13.1. The Bertz CT molecular complexity index is 208. The van der Waals surface area contributed by atoms with Gasteiger partial charge in [0.2, 0.25) is 0 Å². The summed E-state index contributed by atoms with van der Waals surface area (Å²) in [4.78, 5) is 21.5. The summed E-state index contributed by atoms with van der Waals surface area (Å²) in [6.45, 7) is 4.05. The second kappa shape index (κ2) is 6.53. The molecule has 0 saturated heterocycles. The van der Waals surface area contributed by atoms with Crippen molar-refractivity contribution < 1.29 is 19.4 Å². The van der Waals surface area contributed by atoms with E-state index in [1.54, 1.807) is 0 Å². The van der Waals surface area contributed by atoms with E-state index in [4.69, 9.17) is 9.84 Å². The lowest BCUT2D eigenvalue weighted by atomic mass is 10.2. The number of rotatable bonds is 5. The molecule has 82 valence electrons. The van der Waals surface area contributed by atoms with Crippen LogP contribution in [-0.4, -0.2) is 35.6 Å². The van der Waals surface area contributed by atoms with Gasteiger partial charge in [-0.25, -0.2) is 9.59 Å². The van der Waals surface area contributed by atoms with Crippen LogP contribution < -0.4 is 5.32 Å². The van der Waals surface area contributed by atoms with Gasteiger partial charge in [-0.1, -0.05) is 13.8 Å². The van der Waals surface area contributed by atoms with Gasteiger partial charge in [0.05, 0.1) is 6.61 Å². The fraction of sp³-hybridized carbons (Fsp3) is 0.750. The number of alkyl carbamates (subject to hydrolysis) is 1. The largest absolute Gasteiger partial charge is 0.480 e. The first-order valence-electron chi connectivity index (χ1n) is 4.24. The zero-order valence-electron chi connectivity index (χ0n) is 8.19. The SMILES string of the molecule is CC(C)COC(=O)N[C@@H](CS)C(=O)O. The molecule has 0 bridgehead atoms. The van der Waals surface area contributed by atoms with E-state index in [9.17, 15) is 9.59 Å². The van der Waals surface area contributed by atoms with E-state index in [0.717, 1.165) is 0 Å². The fourth-order valence-corrected chi connectivity index (χ4v) is 0.859. The number of carbonyl (C=O) groups excluding carboxylic acids is 1. The molecule has 0 aromatic heterocycles. The van der Waals surface area contributed by atoms with Gasteiger partial charge in [0, 0.05) is 5.75 Å². The van der Waals surface area contributed by atoms with Gasteiger partial charge in [0.15, 0.2) is 0 Å². The molecular weight excluding hydrogens is 206 g/mol. The van der Waals surface area contributed by atoms with Crippen molar-refractivity contribution in [3.63, 3.8) is 0 Å². The van der Waals surface area contributed by atoms with E-state index >= 15 is 0 Å². The van der Waals surface area contributed by atoms with Gasteiger partial charge in [-0.3, -0.25) is 0 Å². The molecule has 0 aliphatic rings. The van der Waals surface area contributed by atoms with Gasteiger partial charge >= 0.3 is 12.1 Å². The number of aliphatic carboxylic acids is 1. The molecule has 5 nitrogen and oxygen atoms in total. The normalized spacial score (nSPS) is 12.3. The molecule has 1 amide bonds. The first-order chi connectivity index (χ1) is 6.47. The van der Waals surface area contributed by atoms with Crippen molar-refractivity contribution in [2.24, 2.45) is 5.92 Å². The number of carboxylic acids is 1. The van der Waals surface area contributed by atoms with Crippen LogP contribution in [0.5, 0.6) is 0 Å². The summed E-state index contributed by atoms with van der Waals surface area (Å²) in [6.07, 6.45) is -0.722. The van der Waals surface area contributed by atoms with Gasteiger partial charge in [-0.05, 0) is 5.92 Å². The van der Waals surface area contributed by atoms with Crippen LogP contribution in [0.3, 0.4) is 0 Å². The fourth-order valence-electron chi connectivity index (χ4n) is 0.612. The van der Waals surface area contributed by atoms with Crippen LogP contribution in [-0.2, 0) is 9.53 Å². The first-order valence-corrected chi connectivity index (χ1v) is 4.87. The Labute approximate surface area is 88.2 Å². The summed E-state index contributed by atoms with van der Waals surface area (Å²) in [7, 11) is 0. The van der Waals surface area contributed by atoms with Crippen LogP contribution in [0.4, 0.5) is 4.79 Å². The van der Waals surface area contributed by atoms with Crippen LogP contribution in [0.15, 0.2) is 0 Å². The number of hydrogen-bond donors (Lipinski definition) is 3. The molecule has 0 aliphatic heterocycles. The Balaban J connectivity index is 3.85. The summed E-state index contributed by atoms with van der Waals surface area (Å²) in [6, 6.07) is -1.00. The maximum Gasteiger partial charge on any atom is 0.407 e. The third kappa shape index (κ3) is 5.69. The van der Waals surface area contributed by atoms with Gasteiger partial charge < -0.3 is 15.2 Å². The van der Waals surface area contributed by atoms with E-state index < -0.39 is 18.1 Å². The van der Waals surface area contributed by atoms with E-state index in [2.05, 4.69) is 17.9 Å². The highest BCUT2D eigenvalue weighted by Crippen LogP contribution is 1.94. The van der Waals surface area contributed by atoms with E-state index in [1.807, 2.05) is 13.8 Å². The Morgan fingerprint density at radius 2 is 2.07 bits per heavy atom. The predicted octanol–water partition coefficient (Wildman–Crippen LogP) is 0.752. The van der Waals surface area contributed by atoms with E-state index in [-0.39, 0.29) is 18.3 Å². The number of thiol groups is 1. The summed E-state index contributed by atoms with van der Waals surface area (Å²) >= 11 is 3.79. The molecule has 0 spiro atoms. The highest BCUT2D eigenvalue weighted by atomic mass is 32.1. The van der Waals surface area contributed by atoms with Crippen molar-refractivity contribution in [2.75, 3.05) is 12.4 Å². The molecular formula is C8H15NO4S. The Hall–Kier alpha value is -0.910. The number of hydrogen-bond acceptors (Lipinski definition) is 4. The lowest BCUT2D eigenvalue weighted by molar-refractivity contribution is -0.138. The molecule has 0 aromatic carbocycles. The zero-order chi connectivity index (χ0) is 11.1. The van der Waals surface area contributed by atoms with Gasteiger partial charge in [-0.15, -0.1) is 0 Å². The number of nitrogens with one attached hydrogen (secondary N) is 1.